The van der Waals surface area contributed by atoms with E-state index in [9.17, 15) is 19.8 Å². The second-order valence-corrected chi connectivity index (χ2v) is 4.53. The molecule has 0 amide bonds. The minimum absolute atomic E-state index is 0.00639. The average Bonchev–Trinajstić information content (AvgIpc) is 2.51. The van der Waals surface area contributed by atoms with Crippen molar-refractivity contribution < 1.29 is 30.0 Å². The maximum absolute atomic E-state index is 10.2. The molecule has 2 rings (SSSR count). The third-order valence-electron chi connectivity index (χ3n) is 3.12. The van der Waals surface area contributed by atoms with Crippen LogP contribution in [0, 0.1) is 13.8 Å². The maximum atomic E-state index is 10.2. The molecule has 0 aliphatic rings. The Morgan fingerprint density at radius 1 is 0.682 bits per heavy atom. The number of carbonyl (C=O) groups is 2. The number of aromatic hydroxyl groups is 4. The number of hydrogen-bond acceptors (Lipinski definition) is 6. The fraction of sp³-hybridized carbons (Fsp3) is 0.125. The van der Waals surface area contributed by atoms with Crippen LogP contribution in [0.15, 0.2) is 24.3 Å². The highest BCUT2D eigenvalue weighted by Crippen LogP contribution is 2.28. The molecule has 2 aromatic rings. The SMILES string of the molecule is Cc1c(O)ccc(C=O)c1O.Cc1c(O)ccc(C=O)c1O. The first-order chi connectivity index (χ1) is 10.3. The molecule has 0 aliphatic carbocycles. The Balaban J connectivity index is 0.000000220. The zero-order chi connectivity index (χ0) is 16.9. The van der Waals surface area contributed by atoms with Crippen molar-refractivity contribution in [2.24, 2.45) is 0 Å². The fourth-order valence-electron chi connectivity index (χ4n) is 1.61. The smallest absolute Gasteiger partial charge is 0.153 e. The molecule has 116 valence electrons. The van der Waals surface area contributed by atoms with Gasteiger partial charge in [0, 0.05) is 11.1 Å². The number of phenols is 4. The molecule has 6 heteroatoms. The van der Waals surface area contributed by atoms with Crippen molar-refractivity contribution in [3.05, 3.63) is 46.5 Å². The molecule has 6 nitrogen and oxygen atoms in total. The van der Waals surface area contributed by atoms with Gasteiger partial charge in [-0.1, -0.05) is 0 Å². The van der Waals surface area contributed by atoms with Gasteiger partial charge in [0.25, 0.3) is 0 Å². The normalized spacial score (nSPS) is 9.55. The summed E-state index contributed by atoms with van der Waals surface area (Å²) in [5.74, 6) is -0.318. The summed E-state index contributed by atoms with van der Waals surface area (Å²) < 4.78 is 0. The van der Waals surface area contributed by atoms with Crippen LogP contribution in [0.3, 0.4) is 0 Å². The number of phenolic OH excluding ortho intramolecular Hbond substituents is 4. The van der Waals surface area contributed by atoms with E-state index in [1.807, 2.05) is 0 Å². The third kappa shape index (κ3) is 3.54. The second kappa shape index (κ2) is 7.12. The Kier molecular flexibility index (Phi) is 5.51. The third-order valence-corrected chi connectivity index (χ3v) is 3.12. The van der Waals surface area contributed by atoms with Crippen molar-refractivity contribution in [1.29, 1.82) is 0 Å². The van der Waals surface area contributed by atoms with Crippen LogP contribution < -0.4 is 0 Å². The van der Waals surface area contributed by atoms with Gasteiger partial charge in [-0.15, -0.1) is 0 Å². The van der Waals surface area contributed by atoms with Crippen molar-refractivity contribution in [2.75, 3.05) is 0 Å². The molecule has 0 aromatic heterocycles. The summed E-state index contributed by atoms with van der Waals surface area (Å²) in [7, 11) is 0. The highest BCUT2D eigenvalue weighted by atomic mass is 16.3. The standard InChI is InChI=1S/2C8H8O3/c2*1-5-7(10)3-2-6(4-9)8(5)11/h2*2-4,10-11H,1H3. The van der Waals surface area contributed by atoms with E-state index in [0.29, 0.717) is 23.7 Å². The lowest BCUT2D eigenvalue weighted by molar-refractivity contribution is 0.111. The lowest BCUT2D eigenvalue weighted by Gasteiger charge is -2.02. The second-order valence-electron chi connectivity index (χ2n) is 4.53. The van der Waals surface area contributed by atoms with Gasteiger partial charge >= 0.3 is 0 Å². The molecule has 22 heavy (non-hydrogen) atoms. The molecular formula is C16H16O6. The Bertz CT molecular complexity index is 645. The van der Waals surface area contributed by atoms with Gasteiger partial charge in [0.1, 0.15) is 23.0 Å². The molecule has 4 N–H and O–H groups in total. The average molecular weight is 304 g/mol. The van der Waals surface area contributed by atoms with E-state index in [-0.39, 0.29) is 34.1 Å². The summed E-state index contributed by atoms with van der Waals surface area (Å²) in [4.78, 5) is 20.5. The first-order valence-electron chi connectivity index (χ1n) is 6.26. The fourth-order valence-corrected chi connectivity index (χ4v) is 1.61. The van der Waals surface area contributed by atoms with Gasteiger partial charge in [-0.25, -0.2) is 0 Å². The minimum atomic E-state index is -0.153. The summed E-state index contributed by atoms with van der Waals surface area (Å²) in [5.41, 5.74) is 1.05. The van der Waals surface area contributed by atoms with Gasteiger partial charge in [-0.05, 0) is 38.1 Å². The van der Waals surface area contributed by atoms with Crippen LogP contribution >= 0.6 is 0 Å². The molecule has 0 radical (unpaired) electrons. The molecule has 0 atom stereocenters. The molecule has 0 saturated carbocycles. The van der Waals surface area contributed by atoms with Gasteiger partial charge in [-0.3, -0.25) is 9.59 Å². The number of carbonyl (C=O) groups excluding carboxylic acids is 2. The molecule has 0 saturated heterocycles. The van der Waals surface area contributed by atoms with Crippen LogP contribution in [0.25, 0.3) is 0 Å². The topological polar surface area (TPSA) is 115 Å². The molecule has 0 heterocycles. The number of benzene rings is 2. The minimum Gasteiger partial charge on any atom is -0.508 e. The number of rotatable bonds is 2. The zero-order valence-electron chi connectivity index (χ0n) is 12.1. The molecule has 0 aliphatic heterocycles. The van der Waals surface area contributed by atoms with Crippen molar-refractivity contribution in [1.82, 2.24) is 0 Å². The highest BCUT2D eigenvalue weighted by molar-refractivity contribution is 5.81. The largest absolute Gasteiger partial charge is 0.508 e. The van der Waals surface area contributed by atoms with E-state index in [0.717, 1.165) is 0 Å². The van der Waals surface area contributed by atoms with Crippen LogP contribution in [0.2, 0.25) is 0 Å². The molecular weight excluding hydrogens is 288 g/mol. The summed E-state index contributed by atoms with van der Waals surface area (Å²) in [6.07, 6.45) is 1.09. The summed E-state index contributed by atoms with van der Waals surface area (Å²) in [5, 5.41) is 36.5. The van der Waals surface area contributed by atoms with Gasteiger partial charge in [-0.2, -0.15) is 0 Å². The van der Waals surface area contributed by atoms with Crippen LogP contribution in [-0.4, -0.2) is 33.0 Å². The highest BCUT2D eigenvalue weighted by Gasteiger charge is 2.06. The zero-order valence-corrected chi connectivity index (χ0v) is 12.1. The monoisotopic (exact) mass is 304 g/mol. The predicted octanol–water partition coefficient (Wildman–Crippen LogP) is 2.44. The lowest BCUT2D eigenvalue weighted by atomic mass is 10.1. The number of aldehydes is 2. The molecule has 2 aromatic carbocycles. The summed E-state index contributed by atoms with van der Waals surface area (Å²) in [6, 6.07) is 5.48. The maximum Gasteiger partial charge on any atom is 0.153 e. The van der Waals surface area contributed by atoms with Gasteiger partial charge < -0.3 is 20.4 Å². The predicted molar refractivity (Wildman–Crippen MR) is 79.8 cm³/mol. The van der Waals surface area contributed by atoms with E-state index in [4.69, 9.17) is 10.2 Å². The van der Waals surface area contributed by atoms with E-state index >= 15 is 0 Å². The first kappa shape index (κ1) is 17.0. The van der Waals surface area contributed by atoms with Crippen molar-refractivity contribution in [3.8, 4) is 23.0 Å². The van der Waals surface area contributed by atoms with Crippen LogP contribution in [0.5, 0.6) is 23.0 Å². The Hall–Kier alpha value is -3.02. The van der Waals surface area contributed by atoms with Crippen molar-refractivity contribution in [2.45, 2.75) is 13.8 Å². The first-order valence-corrected chi connectivity index (χ1v) is 6.26. The van der Waals surface area contributed by atoms with Crippen LogP contribution in [0.4, 0.5) is 0 Å². The van der Waals surface area contributed by atoms with E-state index in [1.54, 1.807) is 0 Å². The summed E-state index contributed by atoms with van der Waals surface area (Å²) in [6.45, 7) is 3.08. The van der Waals surface area contributed by atoms with Crippen molar-refractivity contribution in [3.63, 3.8) is 0 Å². The van der Waals surface area contributed by atoms with Gasteiger partial charge in [0.05, 0.1) is 11.1 Å². The molecule has 0 unspecified atom stereocenters. The molecule has 0 bridgehead atoms. The van der Waals surface area contributed by atoms with E-state index < -0.39 is 0 Å². The van der Waals surface area contributed by atoms with E-state index in [2.05, 4.69) is 0 Å². The quantitative estimate of drug-likeness (QED) is 0.633. The Morgan fingerprint density at radius 2 is 1.00 bits per heavy atom. The van der Waals surface area contributed by atoms with Crippen LogP contribution in [-0.2, 0) is 0 Å². The van der Waals surface area contributed by atoms with E-state index in [1.165, 1.54) is 38.1 Å². The Labute approximate surface area is 126 Å². The lowest BCUT2D eigenvalue weighted by Crippen LogP contribution is -1.84. The van der Waals surface area contributed by atoms with Gasteiger partial charge in [0.15, 0.2) is 12.6 Å². The van der Waals surface area contributed by atoms with Crippen LogP contribution in [0.1, 0.15) is 31.8 Å². The summed E-state index contributed by atoms with van der Waals surface area (Å²) >= 11 is 0. The molecule has 0 fully saturated rings. The van der Waals surface area contributed by atoms with Crippen molar-refractivity contribution >= 4 is 12.6 Å². The Morgan fingerprint density at radius 3 is 1.27 bits per heavy atom. The number of hydrogen-bond donors (Lipinski definition) is 4. The van der Waals surface area contributed by atoms with Gasteiger partial charge in [0.2, 0.25) is 0 Å². The molecule has 0 spiro atoms.